The van der Waals surface area contributed by atoms with E-state index in [-0.39, 0.29) is 11.7 Å². The molecule has 0 aromatic heterocycles. The zero-order chi connectivity index (χ0) is 34.5. The first-order valence-corrected chi connectivity index (χ1v) is 15.4. The summed E-state index contributed by atoms with van der Waals surface area (Å²) in [5.74, 6) is -2.90. The van der Waals surface area contributed by atoms with E-state index in [1.165, 1.54) is 26.0 Å². The van der Waals surface area contributed by atoms with Crippen molar-refractivity contribution in [2.24, 2.45) is 0 Å². The molecule has 1 heterocycles. The molecule has 1 unspecified atom stereocenters. The van der Waals surface area contributed by atoms with Gasteiger partial charge in [0.2, 0.25) is 5.91 Å². The van der Waals surface area contributed by atoms with Crippen molar-refractivity contribution in [2.45, 2.75) is 90.3 Å². The fraction of sp³-hybridized carbons (Fsp3) is 0.500. The van der Waals surface area contributed by atoms with Gasteiger partial charge in [-0.15, -0.1) is 0 Å². The molecule has 256 valence electrons. The number of rotatable bonds is 15. The number of amides is 1. The lowest BCUT2D eigenvalue weighted by Crippen LogP contribution is -2.63. The molecule has 1 aliphatic heterocycles. The molecule has 1 amide bonds. The van der Waals surface area contributed by atoms with Crippen LogP contribution >= 0.6 is 0 Å². The maximum absolute atomic E-state index is 14.0. The number of ether oxygens (including phenoxy) is 6. The van der Waals surface area contributed by atoms with Crippen LogP contribution in [0.3, 0.4) is 0 Å². The summed E-state index contributed by atoms with van der Waals surface area (Å²) in [5.41, 5.74) is 2.42. The van der Waals surface area contributed by atoms with E-state index >= 15 is 0 Å². The highest BCUT2D eigenvalue weighted by Crippen LogP contribution is 2.32. The van der Waals surface area contributed by atoms with Gasteiger partial charge >= 0.3 is 23.9 Å². The molecule has 0 radical (unpaired) electrons. The summed E-state index contributed by atoms with van der Waals surface area (Å²) in [6.45, 7) is 5.70. The van der Waals surface area contributed by atoms with Crippen LogP contribution < -0.4 is 10.1 Å². The highest BCUT2D eigenvalue weighted by molar-refractivity contribution is 5.77. The number of hydrogen-bond donors (Lipinski definition) is 1. The van der Waals surface area contributed by atoms with Crippen molar-refractivity contribution < 1.29 is 56.8 Å². The molecule has 0 spiro atoms. The molecule has 1 N–H and O–H groups in total. The van der Waals surface area contributed by atoms with Crippen molar-refractivity contribution in [1.29, 1.82) is 0 Å². The van der Waals surface area contributed by atoms with Gasteiger partial charge in [0.05, 0.1) is 19.8 Å². The fourth-order valence-corrected chi connectivity index (χ4v) is 5.41. The van der Waals surface area contributed by atoms with E-state index in [0.29, 0.717) is 56.6 Å². The van der Waals surface area contributed by atoms with Crippen molar-refractivity contribution in [3.05, 3.63) is 53.8 Å². The number of methoxy groups -OCH3 is 1. The van der Waals surface area contributed by atoms with E-state index in [1.807, 2.05) is 24.3 Å². The molecule has 2 aromatic carbocycles. The average Bonchev–Trinajstić information content (AvgIpc) is 3.00. The van der Waals surface area contributed by atoms with Crippen molar-refractivity contribution in [3.8, 4) is 16.9 Å². The number of carbonyl (C=O) groups excluding carboxylic acids is 5. The van der Waals surface area contributed by atoms with E-state index in [4.69, 9.17) is 28.4 Å². The first-order valence-electron chi connectivity index (χ1n) is 15.4. The summed E-state index contributed by atoms with van der Waals surface area (Å²) in [4.78, 5) is 59.8. The van der Waals surface area contributed by atoms with Crippen LogP contribution in [0.15, 0.2) is 42.5 Å². The minimum absolute atomic E-state index is 0.132. The quantitative estimate of drug-likeness (QED) is 0.169. The van der Waals surface area contributed by atoms with Gasteiger partial charge in [-0.2, -0.15) is 0 Å². The van der Waals surface area contributed by atoms with Crippen molar-refractivity contribution >= 4 is 29.8 Å². The van der Waals surface area contributed by atoms with E-state index in [9.17, 15) is 28.4 Å². The van der Waals surface area contributed by atoms with Gasteiger partial charge in [-0.05, 0) is 66.6 Å². The van der Waals surface area contributed by atoms with Crippen molar-refractivity contribution in [2.75, 3.05) is 20.3 Å². The Morgan fingerprint density at radius 3 is 2.15 bits per heavy atom. The van der Waals surface area contributed by atoms with E-state index < -0.39 is 54.4 Å². The van der Waals surface area contributed by atoms with Crippen LogP contribution in [-0.2, 0) is 54.1 Å². The van der Waals surface area contributed by atoms with Crippen LogP contribution in [0.25, 0.3) is 11.1 Å². The van der Waals surface area contributed by atoms with Gasteiger partial charge in [-0.25, -0.2) is 9.18 Å². The molecule has 0 bridgehead atoms. The number of benzene rings is 2. The highest BCUT2D eigenvalue weighted by atomic mass is 19.1. The Labute approximate surface area is 273 Å². The molecule has 1 saturated heterocycles. The zero-order valence-electron chi connectivity index (χ0n) is 27.2. The maximum Gasteiger partial charge on any atom is 0.339 e. The molecule has 13 heteroatoms. The topological polar surface area (TPSA) is 153 Å². The minimum Gasteiger partial charge on any atom is -0.494 e. The van der Waals surface area contributed by atoms with Gasteiger partial charge in [0.25, 0.3) is 0 Å². The van der Waals surface area contributed by atoms with Crippen molar-refractivity contribution in [1.82, 2.24) is 5.32 Å². The largest absolute Gasteiger partial charge is 0.494 e. The van der Waals surface area contributed by atoms with Crippen LogP contribution in [0.4, 0.5) is 4.39 Å². The van der Waals surface area contributed by atoms with Gasteiger partial charge < -0.3 is 33.7 Å². The molecule has 0 aliphatic carbocycles. The summed E-state index contributed by atoms with van der Waals surface area (Å²) < 4.78 is 47.0. The Kier molecular flexibility index (Phi) is 14.1. The van der Waals surface area contributed by atoms with Crippen LogP contribution in [0, 0.1) is 5.82 Å². The number of unbranched alkanes of at least 4 members (excludes halogenated alkanes) is 2. The third-order valence-corrected chi connectivity index (χ3v) is 7.36. The summed E-state index contributed by atoms with van der Waals surface area (Å²) in [5, 5.41) is 2.78. The Bertz CT molecular complexity index is 1410. The molecule has 2 aromatic rings. The number of esters is 4. The molecule has 3 rings (SSSR count). The lowest BCUT2D eigenvalue weighted by Gasteiger charge is -2.43. The van der Waals surface area contributed by atoms with Crippen molar-refractivity contribution in [3.63, 3.8) is 0 Å². The molecule has 12 nitrogen and oxygen atoms in total. The summed E-state index contributed by atoms with van der Waals surface area (Å²) in [7, 11) is 1.14. The van der Waals surface area contributed by atoms with E-state index in [2.05, 4.69) is 5.32 Å². The van der Waals surface area contributed by atoms with Crippen LogP contribution in [0.2, 0.25) is 0 Å². The predicted molar refractivity (Wildman–Crippen MR) is 166 cm³/mol. The maximum atomic E-state index is 14.0. The number of carbonyl (C=O) groups is 5. The second kappa shape index (κ2) is 18.0. The third-order valence-electron chi connectivity index (χ3n) is 7.36. The summed E-state index contributed by atoms with van der Waals surface area (Å²) >= 11 is 0. The first-order chi connectivity index (χ1) is 22.4. The third kappa shape index (κ3) is 11.3. The smallest absolute Gasteiger partial charge is 0.339 e. The Hall–Kier alpha value is -4.52. The number of nitrogens with one attached hydrogen (secondary N) is 1. The molecule has 5 atom stereocenters. The minimum atomic E-state index is -1.41. The highest BCUT2D eigenvalue weighted by Gasteiger charge is 2.54. The van der Waals surface area contributed by atoms with E-state index in [0.717, 1.165) is 32.1 Å². The lowest BCUT2D eigenvalue weighted by atomic mass is 9.91. The summed E-state index contributed by atoms with van der Waals surface area (Å²) in [6.07, 6.45) is -3.43. The van der Waals surface area contributed by atoms with Gasteiger partial charge in [-0.3, -0.25) is 19.2 Å². The lowest BCUT2D eigenvalue weighted by molar-refractivity contribution is -0.249. The van der Waals surface area contributed by atoms with Gasteiger partial charge in [-0.1, -0.05) is 24.6 Å². The van der Waals surface area contributed by atoms with Gasteiger partial charge in [0.15, 0.2) is 24.4 Å². The average molecular weight is 660 g/mol. The second-order valence-electron chi connectivity index (χ2n) is 11.1. The van der Waals surface area contributed by atoms with E-state index in [1.54, 1.807) is 6.07 Å². The zero-order valence-corrected chi connectivity index (χ0v) is 27.2. The fourth-order valence-electron chi connectivity index (χ4n) is 5.41. The summed E-state index contributed by atoms with van der Waals surface area (Å²) in [6, 6.07) is 11.8. The number of halogens is 1. The van der Waals surface area contributed by atoms with Gasteiger partial charge in [0, 0.05) is 34.2 Å². The van der Waals surface area contributed by atoms with Crippen LogP contribution in [0.1, 0.15) is 58.9 Å². The predicted octanol–water partition coefficient (Wildman–Crippen LogP) is 3.85. The Morgan fingerprint density at radius 2 is 1.51 bits per heavy atom. The molecule has 1 fully saturated rings. The first kappa shape index (κ1) is 36.9. The SMILES string of the molecule is COC(=O)[C@H]1OC(CCCCCOc2ccc(CCNC(C)=O)c(-c3cccc(F)c3)c2)[C@H](OC(C)=O)[C@@H](OC(C)=O)[C@@H]1OC(C)=O. The molecule has 0 saturated carbocycles. The van der Waals surface area contributed by atoms with Gasteiger partial charge in [0.1, 0.15) is 11.6 Å². The second-order valence-corrected chi connectivity index (χ2v) is 11.1. The number of hydrogen-bond acceptors (Lipinski definition) is 11. The molecular weight excluding hydrogens is 617 g/mol. The molecular formula is C34H42FNO11. The van der Waals surface area contributed by atoms with Crippen LogP contribution in [-0.4, -0.2) is 80.6 Å². The Morgan fingerprint density at radius 1 is 0.830 bits per heavy atom. The Balaban J connectivity index is 1.66. The monoisotopic (exact) mass is 659 g/mol. The standard InChI is InChI=1S/C34H42FNO11/c1-20(37)36-16-15-24-13-14-27(19-28(24)25-10-9-11-26(35)18-25)43-17-8-6-7-12-29-30(44-21(2)38)31(45-22(3)39)32(46-23(4)40)33(47-29)34(41)42-5/h9-11,13-14,18-19,29-33H,6-8,12,15-17H2,1-5H3,(H,36,37)/t29?,30-,31+,32-,33-/m0/s1. The molecule has 1 aliphatic rings. The molecule has 47 heavy (non-hydrogen) atoms. The normalized spacial score (nSPS) is 20.4. The van der Waals surface area contributed by atoms with Crippen LogP contribution in [0.5, 0.6) is 5.75 Å².